The second kappa shape index (κ2) is 30.7. The molecular formula is C57H58Br2Cl2F4MgN8O16. The molecule has 3 saturated heterocycles. The average Bonchev–Trinajstić information content (AvgIpc) is 0.837. The van der Waals surface area contributed by atoms with E-state index in [1.54, 1.807) is 25.9 Å². The number of hydrogen-bond acceptors (Lipinski definition) is 16. The molecule has 6 atom stereocenters. The summed E-state index contributed by atoms with van der Waals surface area (Å²) in [5.41, 5.74) is -3.31. The zero-order valence-corrected chi connectivity index (χ0v) is 54.8. The Morgan fingerprint density at radius 1 is 0.600 bits per heavy atom. The molecule has 0 bridgehead atoms. The van der Waals surface area contributed by atoms with Crippen molar-refractivity contribution in [2.24, 2.45) is 0 Å². The molecule has 5 aromatic rings. The third-order valence-corrected chi connectivity index (χ3v) is 16.6. The standard InChI is InChI=1S/C22H22ClF2N3O5.C21H20ClF2N3O5.C14H16N2O6.2BrH.Mg/c1-3-27-15-10-33-7-6-14(15)28-9-12(19(29)20(32-2)18(28)22(27)31)21(30)26-8-11-4-5-13(24)16(23)17(11)25;1-2-26-14-9-32-6-5-13(14)27-8-11(18(28)19(29)17(27)21(26)31)20(30)25-7-10-3-4-12(23)15(22)16(10)24;1-20-12-10-13(18)15-8-6-22-4-3-9(8)16(10)5-7(11(12)17)14(19)21-2;;;/h4-5,9,14-15H,3,6-8,10H2,1-2H3,(H,26,30);3-4,8,13-14,29H,2,5-7,9H2,1H3,(H,25,30);5,8-9H,3-4,6H2,1-2H3,(H,15,18);2*1H;/q;;;;;+2/p-2/t14-,15+;13-,14+;8-,9+;;;/m001.../s1. The van der Waals surface area contributed by atoms with E-state index in [1.165, 1.54) is 44.5 Å². The van der Waals surface area contributed by atoms with Crippen molar-refractivity contribution in [2.45, 2.75) is 82.5 Å². The first kappa shape index (κ1) is 72.5. The minimum atomic E-state index is -1.02. The number of esters is 1. The minimum absolute atomic E-state index is 0. The number of aromatic hydroxyl groups is 1. The first-order valence-electron chi connectivity index (χ1n) is 27.3. The minimum Gasteiger partial charge on any atom is -1.00 e. The van der Waals surface area contributed by atoms with Gasteiger partial charge in [-0.25, -0.2) is 22.4 Å². The number of carbonyl (C=O) groups is 6. The van der Waals surface area contributed by atoms with Crippen molar-refractivity contribution in [2.75, 3.05) is 74.1 Å². The fourth-order valence-electron chi connectivity index (χ4n) is 11.6. The maximum absolute atomic E-state index is 14.2. The van der Waals surface area contributed by atoms with Crippen LogP contribution in [0.5, 0.6) is 17.2 Å². The van der Waals surface area contributed by atoms with Crippen molar-refractivity contribution in [3.05, 3.63) is 152 Å². The maximum Gasteiger partial charge on any atom is 2.00 e. The van der Waals surface area contributed by atoms with Gasteiger partial charge >= 0.3 is 29.0 Å². The number of hydrogen-bond donors (Lipinski definition) is 4. The molecule has 0 unspecified atom stereocenters. The number of fused-ring (bicyclic) bond motifs is 9. The van der Waals surface area contributed by atoms with Gasteiger partial charge in [0.1, 0.15) is 50.0 Å². The van der Waals surface area contributed by atoms with E-state index in [2.05, 4.69) is 20.7 Å². The van der Waals surface area contributed by atoms with Crippen LogP contribution in [0.1, 0.15) is 125 Å². The Hall–Kier alpha value is -6.58. The van der Waals surface area contributed by atoms with Gasteiger partial charge in [0.05, 0.1) is 77.4 Å². The number of amides is 5. The summed E-state index contributed by atoms with van der Waals surface area (Å²) in [4.78, 5) is 117. The number of rotatable bonds is 11. The van der Waals surface area contributed by atoms with Gasteiger partial charge in [0, 0.05) is 75.7 Å². The molecule has 0 aliphatic carbocycles. The number of halogens is 8. The monoisotopic (exact) mass is 1440 g/mol. The Morgan fingerprint density at radius 2 is 1.01 bits per heavy atom. The first-order valence-corrected chi connectivity index (χ1v) is 28.1. The van der Waals surface area contributed by atoms with Crippen LogP contribution in [0.3, 0.4) is 0 Å². The van der Waals surface area contributed by atoms with Crippen LogP contribution >= 0.6 is 23.2 Å². The molecule has 3 fully saturated rings. The summed E-state index contributed by atoms with van der Waals surface area (Å²) < 4.78 is 91.1. The Kier molecular flexibility index (Phi) is 24.7. The molecule has 0 spiro atoms. The Balaban J connectivity index is 0.000000216. The van der Waals surface area contributed by atoms with E-state index in [1.807, 2.05) is 6.92 Å². The molecule has 9 heterocycles. The number of benzene rings is 2. The van der Waals surface area contributed by atoms with Crippen molar-refractivity contribution in [3.8, 4) is 17.2 Å². The molecule has 24 nitrogen and oxygen atoms in total. The van der Waals surface area contributed by atoms with Gasteiger partial charge in [-0.2, -0.15) is 0 Å². The third kappa shape index (κ3) is 13.6. The molecule has 3 aromatic heterocycles. The number of ether oxygens (including phenoxy) is 6. The number of nitrogens with one attached hydrogen (secondary N) is 3. The maximum atomic E-state index is 14.2. The van der Waals surface area contributed by atoms with Gasteiger partial charge < -0.3 is 107 Å². The van der Waals surface area contributed by atoms with E-state index in [4.69, 9.17) is 46.9 Å². The molecule has 4 N–H and O–H groups in total. The zero-order chi connectivity index (χ0) is 62.9. The molecular weight excluding hydrogens is 1380 g/mol. The number of aromatic nitrogens is 3. The molecule has 5 amide bonds. The van der Waals surface area contributed by atoms with E-state index in [0.717, 1.165) is 24.3 Å². The van der Waals surface area contributed by atoms with Gasteiger partial charge in [0.25, 0.3) is 29.5 Å². The van der Waals surface area contributed by atoms with Gasteiger partial charge in [0.15, 0.2) is 34.3 Å². The van der Waals surface area contributed by atoms with Crippen molar-refractivity contribution >= 4 is 81.8 Å². The number of nitrogens with zero attached hydrogens (tertiary/aromatic N) is 5. The summed E-state index contributed by atoms with van der Waals surface area (Å²) in [6.07, 6.45) is 5.72. The van der Waals surface area contributed by atoms with Crippen LogP contribution in [0.15, 0.2) is 57.2 Å². The van der Waals surface area contributed by atoms with Gasteiger partial charge in [-0.05, 0) is 45.2 Å². The summed E-state index contributed by atoms with van der Waals surface area (Å²) in [6, 6.07) is 2.88. The molecule has 2 aromatic carbocycles. The molecule has 0 radical (unpaired) electrons. The number of carbonyl (C=O) groups excluding carboxylic acids is 6. The van der Waals surface area contributed by atoms with Crippen LogP contribution in [-0.4, -0.2) is 179 Å². The summed E-state index contributed by atoms with van der Waals surface area (Å²) >= 11 is 11.1. The second-order valence-electron chi connectivity index (χ2n) is 20.5. The summed E-state index contributed by atoms with van der Waals surface area (Å²) in [5.74, 6) is -8.81. The van der Waals surface area contributed by atoms with Crippen molar-refractivity contribution in [3.63, 3.8) is 0 Å². The van der Waals surface area contributed by atoms with Crippen LogP contribution in [0.2, 0.25) is 10.0 Å². The molecule has 0 saturated carbocycles. The number of pyridine rings is 3. The van der Waals surface area contributed by atoms with Crippen molar-refractivity contribution in [1.29, 1.82) is 0 Å². The molecule has 33 heteroatoms. The molecule has 11 rings (SSSR count). The Labute approximate surface area is 557 Å². The fraction of sp³-hybridized carbons (Fsp3) is 0.421. The summed E-state index contributed by atoms with van der Waals surface area (Å²) in [7, 11) is 3.75. The van der Waals surface area contributed by atoms with Gasteiger partial charge in [0.2, 0.25) is 16.3 Å². The Morgan fingerprint density at radius 3 is 1.49 bits per heavy atom. The Bertz CT molecular complexity index is 3830. The van der Waals surface area contributed by atoms with Crippen molar-refractivity contribution in [1.82, 2.24) is 39.5 Å². The molecule has 6 aliphatic heterocycles. The van der Waals surface area contributed by atoms with E-state index in [0.29, 0.717) is 72.0 Å². The third-order valence-electron chi connectivity index (χ3n) is 15.9. The van der Waals surface area contributed by atoms with E-state index in [9.17, 15) is 65.8 Å². The average molecular weight is 1440 g/mol. The van der Waals surface area contributed by atoms with E-state index >= 15 is 0 Å². The normalized spacial score (nSPS) is 20.0. The first-order chi connectivity index (χ1) is 41.6. The smallest absolute Gasteiger partial charge is 1.00 e. The van der Waals surface area contributed by atoms with E-state index < -0.39 is 90.5 Å². The van der Waals surface area contributed by atoms with Gasteiger partial charge in [-0.3, -0.25) is 38.4 Å². The quantitative estimate of drug-likeness (QED) is 0.0486. The predicted molar refractivity (Wildman–Crippen MR) is 305 cm³/mol. The van der Waals surface area contributed by atoms with Crippen LogP contribution in [0.25, 0.3) is 0 Å². The van der Waals surface area contributed by atoms with Crippen LogP contribution < -0.4 is 75.7 Å². The molecule has 6 aliphatic rings. The topological polar surface area (TPSA) is 287 Å². The SMILES string of the molecule is CCN1C(=O)c2c(O)c(=O)c(C(=O)NCc3ccc(F)c(Cl)c3F)cn2[C@H]2CCOC[C@H]21.CCN1C(=O)c2c(OC)c(=O)c(C(=O)NCc3ccc(F)c(Cl)c3F)cn2[C@H]2CCOC[C@H]21.COC(=O)c1cn2c(c(OC)c1=O)C(=O)N[C@@H]1COCC[C@@H]12.[Br-].[Br-].[Mg+2]. The zero-order valence-electron chi connectivity index (χ0n) is 48.7. The number of likely N-dealkylation sites (N-methyl/N-ethyl adjacent to an activating group) is 2. The molecule has 90 heavy (non-hydrogen) atoms. The van der Waals surface area contributed by atoms with Crippen LogP contribution in [-0.2, 0) is 32.0 Å². The predicted octanol–water partition coefficient (Wildman–Crippen LogP) is -1.91. The van der Waals surface area contributed by atoms with Crippen LogP contribution in [0, 0.1) is 23.3 Å². The van der Waals surface area contributed by atoms with Gasteiger partial charge in [-0.15, -0.1) is 0 Å². The van der Waals surface area contributed by atoms with Crippen LogP contribution in [0.4, 0.5) is 17.6 Å². The molecule has 480 valence electrons. The van der Waals surface area contributed by atoms with E-state index in [-0.39, 0.29) is 163 Å². The van der Waals surface area contributed by atoms with Gasteiger partial charge in [-0.1, -0.05) is 35.3 Å². The summed E-state index contributed by atoms with van der Waals surface area (Å²) in [5, 5.41) is 16.8. The summed E-state index contributed by atoms with van der Waals surface area (Å²) in [6.45, 7) is 6.18. The van der Waals surface area contributed by atoms with Crippen molar-refractivity contribution < 1.29 is 114 Å². The largest absolute Gasteiger partial charge is 2.00 e. The second-order valence-corrected chi connectivity index (χ2v) is 21.3. The fourth-order valence-corrected chi connectivity index (χ4v) is 12.0. The number of methoxy groups -OCH3 is 3.